The lowest BCUT2D eigenvalue weighted by Crippen LogP contribution is -1.97. The van der Waals surface area contributed by atoms with E-state index in [1.54, 1.807) is 11.3 Å². The van der Waals surface area contributed by atoms with Gasteiger partial charge in [-0.3, -0.25) is 0 Å². The third-order valence-electron chi connectivity index (χ3n) is 2.73. The Morgan fingerprint density at radius 3 is 2.72 bits per heavy atom. The molecule has 0 amide bonds. The SMILES string of the molecule is Cc1cnc(-c2ccc(CC(C)C)c(C#N)c2)s1. The maximum absolute atomic E-state index is 9.24. The van der Waals surface area contributed by atoms with Crippen LogP contribution in [0.25, 0.3) is 10.6 Å². The van der Waals surface area contributed by atoms with Gasteiger partial charge >= 0.3 is 0 Å². The Hall–Kier alpha value is -1.66. The molecule has 2 rings (SSSR count). The Bertz CT molecular complexity index is 591. The van der Waals surface area contributed by atoms with Gasteiger partial charge in [-0.2, -0.15) is 5.26 Å². The lowest BCUT2D eigenvalue weighted by molar-refractivity contribution is 0.646. The molecule has 0 saturated carbocycles. The van der Waals surface area contributed by atoms with Crippen LogP contribution in [0.1, 0.15) is 29.9 Å². The summed E-state index contributed by atoms with van der Waals surface area (Å²) in [5.74, 6) is 0.560. The summed E-state index contributed by atoms with van der Waals surface area (Å²) in [7, 11) is 0. The van der Waals surface area contributed by atoms with E-state index < -0.39 is 0 Å². The molecule has 2 nitrogen and oxygen atoms in total. The van der Waals surface area contributed by atoms with Crippen LogP contribution in [0.4, 0.5) is 0 Å². The lowest BCUT2D eigenvalue weighted by atomic mass is 9.97. The van der Waals surface area contributed by atoms with E-state index in [4.69, 9.17) is 0 Å². The average Bonchev–Trinajstić information content (AvgIpc) is 2.75. The highest BCUT2D eigenvalue weighted by Crippen LogP contribution is 2.27. The molecule has 1 aromatic heterocycles. The molecule has 0 spiro atoms. The zero-order valence-corrected chi connectivity index (χ0v) is 11.7. The minimum atomic E-state index is 0.560. The van der Waals surface area contributed by atoms with Crippen molar-refractivity contribution >= 4 is 11.3 Å². The summed E-state index contributed by atoms with van der Waals surface area (Å²) in [6.45, 7) is 6.37. The molecule has 92 valence electrons. The van der Waals surface area contributed by atoms with Gasteiger partial charge in [0.05, 0.1) is 11.6 Å². The average molecular weight is 256 g/mol. The van der Waals surface area contributed by atoms with Crippen molar-refractivity contribution in [3.05, 3.63) is 40.4 Å². The molecule has 0 aliphatic heterocycles. The molecular formula is C15H16N2S. The first-order valence-corrected chi connectivity index (χ1v) is 6.87. The van der Waals surface area contributed by atoms with Gasteiger partial charge in [-0.25, -0.2) is 4.98 Å². The molecule has 0 aliphatic carbocycles. The normalized spacial score (nSPS) is 10.6. The summed E-state index contributed by atoms with van der Waals surface area (Å²) < 4.78 is 0. The number of hydrogen-bond acceptors (Lipinski definition) is 3. The summed E-state index contributed by atoms with van der Waals surface area (Å²) >= 11 is 1.66. The standard InChI is InChI=1S/C15H16N2S/c1-10(2)6-12-4-5-13(7-14(12)8-16)15-17-9-11(3)18-15/h4-5,7,9-10H,6H2,1-3H3. The number of benzene rings is 1. The molecule has 0 aliphatic rings. The number of hydrogen-bond donors (Lipinski definition) is 0. The molecule has 1 heterocycles. The molecule has 0 fully saturated rings. The van der Waals surface area contributed by atoms with Gasteiger partial charge in [0.25, 0.3) is 0 Å². The van der Waals surface area contributed by atoms with Crippen LogP contribution in [0.15, 0.2) is 24.4 Å². The van der Waals surface area contributed by atoms with E-state index in [0.29, 0.717) is 5.92 Å². The van der Waals surface area contributed by atoms with Crippen molar-refractivity contribution in [2.45, 2.75) is 27.2 Å². The van der Waals surface area contributed by atoms with Crippen LogP contribution in [-0.4, -0.2) is 4.98 Å². The van der Waals surface area contributed by atoms with Gasteiger partial charge in [-0.1, -0.05) is 26.0 Å². The van der Waals surface area contributed by atoms with E-state index >= 15 is 0 Å². The van der Waals surface area contributed by atoms with E-state index in [-0.39, 0.29) is 0 Å². The number of nitrogens with zero attached hydrogens (tertiary/aromatic N) is 2. The van der Waals surface area contributed by atoms with Crippen molar-refractivity contribution in [2.24, 2.45) is 5.92 Å². The highest BCUT2D eigenvalue weighted by atomic mass is 32.1. The molecule has 0 unspecified atom stereocenters. The molecule has 18 heavy (non-hydrogen) atoms. The van der Waals surface area contributed by atoms with Crippen LogP contribution in [0, 0.1) is 24.2 Å². The number of nitriles is 1. The molecule has 0 radical (unpaired) electrons. The summed E-state index contributed by atoms with van der Waals surface area (Å²) in [5.41, 5.74) is 2.94. The van der Waals surface area contributed by atoms with Crippen molar-refractivity contribution in [1.29, 1.82) is 5.26 Å². The van der Waals surface area contributed by atoms with Crippen LogP contribution in [0.2, 0.25) is 0 Å². The van der Waals surface area contributed by atoms with Crippen LogP contribution < -0.4 is 0 Å². The van der Waals surface area contributed by atoms with Gasteiger partial charge < -0.3 is 0 Å². The van der Waals surface area contributed by atoms with Gasteiger partial charge in [0.2, 0.25) is 0 Å². The molecule has 1 aromatic carbocycles. The Kier molecular flexibility index (Phi) is 3.78. The highest BCUT2D eigenvalue weighted by molar-refractivity contribution is 7.14. The maximum atomic E-state index is 9.24. The smallest absolute Gasteiger partial charge is 0.123 e. The molecule has 2 aromatic rings. The molecule has 0 atom stereocenters. The first-order valence-electron chi connectivity index (χ1n) is 6.06. The molecule has 0 saturated heterocycles. The Morgan fingerprint density at radius 2 is 2.17 bits per heavy atom. The zero-order chi connectivity index (χ0) is 13.1. The second kappa shape index (κ2) is 5.32. The third-order valence-corrected chi connectivity index (χ3v) is 3.69. The fourth-order valence-electron chi connectivity index (χ4n) is 1.92. The number of rotatable bonds is 3. The van der Waals surface area contributed by atoms with Crippen molar-refractivity contribution < 1.29 is 0 Å². The second-order valence-electron chi connectivity index (χ2n) is 4.86. The molecular weight excluding hydrogens is 240 g/mol. The quantitative estimate of drug-likeness (QED) is 0.825. The predicted molar refractivity (Wildman–Crippen MR) is 75.5 cm³/mol. The van der Waals surface area contributed by atoms with E-state index in [0.717, 1.165) is 28.1 Å². The summed E-state index contributed by atoms with van der Waals surface area (Å²) in [5, 5.41) is 10.2. The predicted octanol–water partition coefficient (Wildman–Crippen LogP) is 4.19. The van der Waals surface area contributed by atoms with Crippen molar-refractivity contribution in [2.75, 3.05) is 0 Å². The molecule has 3 heteroatoms. The van der Waals surface area contributed by atoms with E-state index in [9.17, 15) is 5.26 Å². The van der Waals surface area contributed by atoms with Gasteiger partial charge in [-0.15, -0.1) is 11.3 Å². The minimum absolute atomic E-state index is 0.560. The topological polar surface area (TPSA) is 36.7 Å². The largest absolute Gasteiger partial charge is 0.244 e. The fraction of sp³-hybridized carbons (Fsp3) is 0.333. The zero-order valence-electron chi connectivity index (χ0n) is 10.9. The second-order valence-corrected chi connectivity index (χ2v) is 6.09. The monoisotopic (exact) mass is 256 g/mol. The Balaban J connectivity index is 2.39. The van der Waals surface area contributed by atoms with Crippen molar-refractivity contribution in [3.8, 4) is 16.6 Å². The van der Waals surface area contributed by atoms with Crippen LogP contribution in [0.5, 0.6) is 0 Å². The van der Waals surface area contributed by atoms with Crippen LogP contribution in [0.3, 0.4) is 0 Å². The summed E-state index contributed by atoms with van der Waals surface area (Å²) in [6.07, 6.45) is 2.81. The molecule has 0 bridgehead atoms. The Labute approximate surface area is 112 Å². The first kappa shape index (κ1) is 12.8. The van der Waals surface area contributed by atoms with Crippen molar-refractivity contribution in [1.82, 2.24) is 4.98 Å². The number of thiazole rings is 1. The Morgan fingerprint density at radius 1 is 1.39 bits per heavy atom. The van der Waals surface area contributed by atoms with Crippen LogP contribution in [-0.2, 0) is 6.42 Å². The highest BCUT2D eigenvalue weighted by Gasteiger charge is 2.08. The van der Waals surface area contributed by atoms with Gasteiger partial charge in [0.15, 0.2) is 0 Å². The van der Waals surface area contributed by atoms with Gasteiger partial charge in [-0.05, 0) is 30.9 Å². The van der Waals surface area contributed by atoms with Crippen LogP contribution >= 0.6 is 11.3 Å². The third kappa shape index (κ3) is 2.77. The van der Waals surface area contributed by atoms with Gasteiger partial charge in [0.1, 0.15) is 5.01 Å². The van der Waals surface area contributed by atoms with E-state index in [2.05, 4.69) is 37.0 Å². The first-order chi connectivity index (χ1) is 8.60. The number of aryl methyl sites for hydroxylation is 1. The van der Waals surface area contributed by atoms with E-state index in [1.807, 2.05) is 19.2 Å². The maximum Gasteiger partial charge on any atom is 0.123 e. The molecule has 0 N–H and O–H groups in total. The minimum Gasteiger partial charge on any atom is -0.244 e. The van der Waals surface area contributed by atoms with Crippen molar-refractivity contribution in [3.63, 3.8) is 0 Å². The van der Waals surface area contributed by atoms with Gasteiger partial charge in [0, 0.05) is 16.6 Å². The summed E-state index contributed by atoms with van der Waals surface area (Å²) in [6, 6.07) is 8.38. The summed E-state index contributed by atoms with van der Waals surface area (Å²) in [4.78, 5) is 5.55. The van der Waals surface area contributed by atoms with E-state index in [1.165, 1.54) is 4.88 Å². The lowest BCUT2D eigenvalue weighted by Gasteiger charge is -2.08. The number of aromatic nitrogens is 1. The fourth-order valence-corrected chi connectivity index (χ4v) is 2.68.